The third kappa shape index (κ3) is 2.89. The number of benzene rings is 2. The van der Waals surface area contributed by atoms with Crippen LogP contribution in [-0.2, 0) is 10.9 Å². The van der Waals surface area contributed by atoms with Crippen molar-refractivity contribution in [1.29, 1.82) is 0 Å². The van der Waals surface area contributed by atoms with Crippen LogP contribution < -0.4 is 11.1 Å². The fourth-order valence-corrected chi connectivity index (χ4v) is 3.93. The van der Waals surface area contributed by atoms with Crippen LogP contribution in [0, 0.1) is 5.92 Å². The monoisotopic (exact) mass is 348 g/mol. The van der Waals surface area contributed by atoms with Crippen LogP contribution in [0.3, 0.4) is 0 Å². The highest BCUT2D eigenvalue weighted by Crippen LogP contribution is 2.52. The van der Waals surface area contributed by atoms with Gasteiger partial charge in [-0.2, -0.15) is 13.2 Å². The SMILES string of the molecule is NCC1CC2C(c3ccccc3)Nc3ccc(C(F)(F)F)cc3C2O1. The second-order valence-electron chi connectivity index (χ2n) is 6.65. The van der Waals surface area contributed by atoms with Gasteiger partial charge in [-0.25, -0.2) is 0 Å². The lowest BCUT2D eigenvalue weighted by Crippen LogP contribution is -2.29. The number of halogens is 3. The highest BCUT2D eigenvalue weighted by molar-refractivity contribution is 5.59. The van der Waals surface area contributed by atoms with Crippen molar-refractivity contribution in [2.75, 3.05) is 11.9 Å². The Hall–Kier alpha value is -2.05. The minimum Gasteiger partial charge on any atom is -0.378 e. The summed E-state index contributed by atoms with van der Waals surface area (Å²) in [5, 5.41) is 3.42. The smallest absolute Gasteiger partial charge is 0.378 e. The first-order valence-electron chi connectivity index (χ1n) is 8.35. The molecule has 4 rings (SSSR count). The maximum atomic E-state index is 13.1. The number of ether oxygens (including phenoxy) is 1. The molecule has 6 heteroatoms. The molecule has 1 saturated heterocycles. The predicted octanol–water partition coefficient (Wildman–Crippen LogP) is 4.28. The Labute approximate surface area is 144 Å². The maximum absolute atomic E-state index is 13.1. The Bertz CT molecular complexity index is 763. The van der Waals surface area contributed by atoms with Crippen molar-refractivity contribution in [3.8, 4) is 0 Å². The van der Waals surface area contributed by atoms with Crippen LogP contribution in [0.25, 0.3) is 0 Å². The molecule has 4 atom stereocenters. The van der Waals surface area contributed by atoms with E-state index in [0.717, 1.165) is 18.1 Å². The van der Waals surface area contributed by atoms with Crippen LogP contribution in [0.1, 0.15) is 35.3 Å². The lowest BCUT2D eigenvalue weighted by molar-refractivity contribution is -0.137. The topological polar surface area (TPSA) is 47.3 Å². The van der Waals surface area contributed by atoms with Crippen LogP contribution >= 0.6 is 0 Å². The minimum atomic E-state index is -4.37. The lowest BCUT2D eigenvalue weighted by Gasteiger charge is -2.36. The van der Waals surface area contributed by atoms with Gasteiger partial charge < -0.3 is 15.8 Å². The number of hydrogen-bond acceptors (Lipinski definition) is 3. The van der Waals surface area contributed by atoms with Gasteiger partial charge in [-0.1, -0.05) is 30.3 Å². The van der Waals surface area contributed by atoms with Crippen molar-refractivity contribution in [1.82, 2.24) is 0 Å². The molecule has 0 spiro atoms. The van der Waals surface area contributed by atoms with E-state index in [1.54, 1.807) is 0 Å². The van der Waals surface area contributed by atoms with E-state index in [4.69, 9.17) is 10.5 Å². The highest BCUT2D eigenvalue weighted by atomic mass is 19.4. The molecule has 0 radical (unpaired) electrons. The van der Waals surface area contributed by atoms with E-state index in [2.05, 4.69) is 5.32 Å². The first-order valence-corrected chi connectivity index (χ1v) is 8.35. The Morgan fingerprint density at radius 3 is 2.56 bits per heavy atom. The number of hydrogen-bond donors (Lipinski definition) is 2. The average molecular weight is 348 g/mol. The van der Waals surface area contributed by atoms with Gasteiger partial charge in [0.1, 0.15) is 0 Å². The van der Waals surface area contributed by atoms with E-state index in [1.807, 2.05) is 30.3 Å². The van der Waals surface area contributed by atoms with E-state index < -0.39 is 11.7 Å². The van der Waals surface area contributed by atoms with Crippen LogP contribution in [-0.4, -0.2) is 12.6 Å². The maximum Gasteiger partial charge on any atom is 0.416 e. The summed E-state index contributed by atoms with van der Waals surface area (Å²) in [4.78, 5) is 0. The largest absolute Gasteiger partial charge is 0.416 e. The van der Waals surface area contributed by atoms with Gasteiger partial charge in [-0.05, 0) is 30.2 Å². The van der Waals surface area contributed by atoms with Crippen molar-refractivity contribution in [3.63, 3.8) is 0 Å². The third-order valence-corrected chi connectivity index (χ3v) is 5.11. The molecule has 132 valence electrons. The summed E-state index contributed by atoms with van der Waals surface area (Å²) in [5.41, 5.74) is 7.49. The van der Waals surface area contributed by atoms with Crippen molar-refractivity contribution < 1.29 is 17.9 Å². The molecule has 3 nitrogen and oxygen atoms in total. The van der Waals surface area contributed by atoms with E-state index in [1.165, 1.54) is 12.1 Å². The molecule has 25 heavy (non-hydrogen) atoms. The number of anilines is 1. The molecule has 3 N–H and O–H groups in total. The molecule has 2 aromatic carbocycles. The van der Waals surface area contributed by atoms with Gasteiger partial charge in [0.05, 0.1) is 23.8 Å². The first kappa shape index (κ1) is 16.4. The molecule has 2 aliphatic heterocycles. The summed E-state index contributed by atoms with van der Waals surface area (Å²) in [6, 6.07) is 13.7. The van der Waals surface area contributed by atoms with Crippen molar-refractivity contribution >= 4 is 5.69 Å². The fraction of sp³-hybridized carbons (Fsp3) is 0.368. The molecule has 0 amide bonds. The Balaban J connectivity index is 1.77. The van der Waals surface area contributed by atoms with Gasteiger partial charge in [-0.15, -0.1) is 0 Å². The molecule has 0 aliphatic carbocycles. The zero-order chi connectivity index (χ0) is 17.6. The predicted molar refractivity (Wildman–Crippen MR) is 89.0 cm³/mol. The van der Waals surface area contributed by atoms with Crippen LogP contribution in [0.5, 0.6) is 0 Å². The summed E-state index contributed by atoms with van der Waals surface area (Å²) in [6.07, 6.45) is -4.16. The van der Waals surface area contributed by atoms with E-state index in [-0.39, 0.29) is 24.2 Å². The standard InChI is InChI=1S/C19H19F3N2O/c20-19(21,22)12-6-7-16-14(8-12)18-15(9-13(10-23)25-18)17(24-16)11-4-2-1-3-5-11/h1-8,13,15,17-18,24H,9-10,23H2. The van der Waals surface area contributed by atoms with Gasteiger partial charge in [0, 0.05) is 23.7 Å². The average Bonchev–Trinajstić information content (AvgIpc) is 3.05. The molecule has 0 saturated carbocycles. The molecule has 1 fully saturated rings. The Morgan fingerprint density at radius 1 is 1.12 bits per heavy atom. The number of nitrogens with one attached hydrogen (secondary N) is 1. The van der Waals surface area contributed by atoms with Gasteiger partial charge in [0.2, 0.25) is 0 Å². The Morgan fingerprint density at radius 2 is 1.88 bits per heavy atom. The quantitative estimate of drug-likeness (QED) is 0.852. The van der Waals surface area contributed by atoms with E-state index in [0.29, 0.717) is 17.8 Å². The summed E-state index contributed by atoms with van der Waals surface area (Å²) in [6.45, 7) is 0.364. The molecule has 2 heterocycles. The van der Waals surface area contributed by atoms with Crippen molar-refractivity contribution in [3.05, 3.63) is 65.2 Å². The van der Waals surface area contributed by atoms with Crippen LogP contribution in [0.15, 0.2) is 48.5 Å². The lowest BCUT2D eigenvalue weighted by atomic mass is 9.80. The second kappa shape index (κ2) is 6.04. The van der Waals surface area contributed by atoms with Gasteiger partial charge in [0.15, 0.2) is 0 Å². The molecule has 0 bridgehead atoms. The fourth-order valence-electron chi connectivity index (χ4n) is 3.93. The van der Waals surface area contributed by atoms with E-state index >= 15 is 0 Å². The number of alkyl halides is 3. The highest BCUT2D eigenvalue weighted by Gasteiger charge is 2.45. The summed E-state index contributed by atoms with van der Waals surface area (Å²) in [5.74, 6) is 0.0481. The molecular weight excluding hydrogens is 329 g/mol. The summed E-state index contributed by atoms with van der Waals surface area (Å²) in [7, 11) is 0. The van der Waals surface area contributed by atoms with Crippen molar-refractivity contribution in [2.24, 2.45) is 11.7 Å². The third-order valence-electron chi connectivity index (χ3n) is 5.11. The van der Waals surface area contributed by atoms with E-state index in [9.17, 15) is 13.2 Å². The van der Waals surface area contributed by atoms with Crippen molar-refractivity contribution in [2.45, 2.75) is 30.8 Å². The zero-order valence-electron chi connectivity index (χ0n) is 13.5. The molecule has 0 aromatic heterocycles. The van der Waals surface area contributed by atoms with Crippen LogP contribution in [0.2, 0.25) is 0 Å². The zero-order valence-corrected chi connectivity index (χ0v) is 13.5. The van der Waals surface area contributed by atoms with Gasteiger partial charge >= 0.3 is 6.18 Å². The molecule has 4 unspecified atom stereocenters. The van der Waals surface area contributed by atoms with Gasteiger partial charge in [0.25, 0.3) is 0 Å². The molecule has 2 aliphatic rings. The van der Waals surface area contributed by atoms with Crippen LogP contribution in [0.4, 0.5) is 18.9 Å². The molecule has 2 aromatic rings. The first-order chi connectivity index (χ1) is 12.0. The number of nitrogens with two attached hydrogens (primary N) is 1. The minimum absolute atomic E-state index is 0.00742. The van der Waals surface area contributed by atoms with Gasteiger partial charge in [-0.3, -0.25) is 0 Å². The molecular formula is C19H19F3N2O. The normalized spacial score (nSPS) is 28.2. The number of rotatable bonds is 2. The number of fused-ring (bicyclic) bond motifs is 3. The summed E-state index contributed by atoms with van der Waals surface area (Å²) >= 11 is 0. The Kier molecular flexibility index (Phi) is 3.96. The second-order valence-corrected chi connectivity index (χ2v) is 6.65. The summed E-state index contributed by atoms with van der Waals surface area (Å²) < 4.78 is 45.3.